The second-order valence-electron chi connectivity index (χ2n) is 7.74. The quantitative estimate of drug-likeness (QED) is 0.264. The molecule has 1 amide bonds. The molecule has 29 heavy (non-hydrogen) atoms. The van der Waals surface area contributed by atoms with Gasteiger partial charge in [0.2, 0.25) is 0 Å². The van der Waals surface area contributed by atoms with Gasteiger partial charge in [-0.25, -0.2) is 9.59 Å². The molecule has 0 atom stereocenters. The van der Waals surface area contributed by atoms with Crippen LogP contribution in [0.3, 0.4) is 0 Å². The molecule has 0 saturated carbocycles. The summed E-state index contributed by atoms with van der Waals surface area (Å²) in [5.41, 5.74) is 0.715. The van der Waals surface area contributed by atoms with Crippen molar-refractivity contribution in [2.24, 2.45) is 0 Å². The SMILES string of the molecule is CCCCCCCCCCCCCCCCOC(=O)Nc1ccc(C(=O)O)cc1. The zero-order valence-corrected chi connectivity index (χ0v) is 18.1. The number of benzene rings is 1. The van der Waals surface area contributed by atoms with Gasteiger partial charge in [0.05, 0.1) is 12.2 Å². The minimum atomic E-state index is -0.989. The standard InChI is InChI=1S/C24H39NO4/c1-2-3-4-5-6-7-8-9-10-11-12-13-14-15-20-29-24(28)25-22-18-16-21(17-19-22)23(26)27/h16-19H,2-15,20H2,1H3,(H,25,28)(H,26,27). The van der Waals surface area contributed by atoms with Gasteiger partial charge in [0.1, 0.15) is 0 Å². The third kappa shape index (κ3) is 13.7. The number of hydrogen-bond donors (Lipinski definition) is 2. The molecule has 0 heterocycles. The van der Waals surface area contributed by atoms with Crippen LogP contribution >= 0.6 is 0 Å². The summed E-state index contributed by atoms with van der Waals surface area (Å²) in [7, 11) is 0. The molecule has 0 aliphatic carbocycles. The molecule has 1 aromatic rings. The van der Waals surface area contributed by atoms with Crippen molar-refractivity contribution in [1.82, 2.24) is 0 Å². The van der Waals surface area contributed by atoms with Crippen molar-refractivity contribution < 1.29 is 19.4 Å². The van der Waals surface area contributed by atoms with E-state index >= 15 is 0 Å². The predicted molar refractivity (Wildman–Crippen MR) is 119 cm³/mol. The minimum absolute atomic E-state index is 0.186. The van der Waals surface area contributed by atoms with E-state index in [1.165, 1.54) is 89.2 Å². The molecule has 0 aromatic heterocycles. The fourth-order valence-corrected chi connectivity index (χ4v) is 3.31. The molecule has 0 spiro atoms. The van der Waals surface area contributed by atoms with Crippen molar-refractivity contribution in [2.45, 2.75) is 96.8 Å². The van der Waals surface area contributed by atoms with Crippen molar-refractivity contribution in [3.63, 3.8) is 0 Å². The van der Waals surface area contributed by atoms with Crippen LogP contribution in [0.2, 0.25) is 0 Å². The van der Waals surface area contributed by atoms with E-state index in [0.29, 0.717) is 12.3 Å². The van der Waals surface area contributed by atoms with Crippen LogP contribution in [0.15, 0.2) is 24.3 Å². The van der Waals surface area contributed by atoms with Crippen LogP contribution in [-0.4, -0.2) is 23.8 Å². The van der Waals surface area contributed by atoms with Crippen LogP contribution in [0, 0.1) is 0 Å². The molecule has 164 valence electrons. The summed E-state index contributed by atoms with van der Waals surface area (Å²) in [4.78, 5) is 22.5. The average molecular weight is 406 g/mol. The number of ether oxygens (including phenoxy) is 1. The first-order valence-electron chi connectivity index (χ1n) is 11.4. The van der Waals surface area contributed by atoms with E-state index in [1.54, 1.807) is 12.1 Å². The fraction of sp³-hybridized carbons (Fsp3) is 0.667. The van der Waals surface area contributed by atoms with E-state index in [9.17, 15) is 9.59 Å². The van der Waals surface area contributed by atoms with Gasteiger partial charge in [0.15, 0.2) is 0 Å². The lowest BCUT2D eigenvalue weighted by Gasteiger charge is -2.07. The van der Waals surface area contributed by atoms with E-state index in [4.69, 9.17) is 9.84 Å². The highest BCUT2D eigenvalue weighted by Crippen LogP contribution is 2.13. The Balaban J connectivity index is 1.88. The number of hydrogen-bond acceptors (Lipinski definition) is 3. The number of carbonyl (C=O) groups is 2. The first kappa shape index (κ1) is 25.0. The number of aromatic carboxylic acids is 1. The molecule has 0 saturated heterocycles. The Bertz CT molecular complexity index is 557. The highest BCUT2D eigenvalue weighted by Gasteiger charge is 2.05. The lowest BCUT2D eigenvalue weighted by Crippen LogP contribution is -2.14. The molecule has 1 aromatic carbocycles. The van der Waals surface area contributed by atoms with Gasteiger partial charge >= 0.3 is 12.1 Å². The molecular formula is C24H39NO4. The maximum atomic E-state index is 11.7. The van der Waals surface area contributed by atoms with Gasteiger partial charge in [-0.3, -0.25) is 5.32 Å². The minimum Gasteiger partial charge on any atom is -0.478 e. The first-order valence-corrected chi connectivity index (χ1v) is 11.4. The Morgan fingerprint density at radius 2 is 1.21 bits per heavy atom. The molecule has 2 N–H and O–H groups in total. The number of unbranched alkanes of at least 4 members (excludes halogenated alkanes) is 13. The maximum absolute atomic E-state index is 11.7. The number of carbonyl (C=O) groups excluding carboxylic acids is 1. The second kappa shape index (κ2) is 16.9. The molecule has 1 rings (SSSR count). The van der Waals surface area contributed by atoms with Crippen LogP contribution in [0.1, 0.15) is 107 Å². The van der Waals surface area contributed by atoms with Gasteiger partial charge in [-0.15, -0.1) is 0 Å². The number of rotatable bonds is 17. The molecule has 0 unspecified atom stereocenters. The van der Waals surface area contributed by atoms with Crippen molar-refractivity contribution in [2.75, 3.05) is 11.9 Å². The molecule has 0 aliphatic heterocycles. The Hall–Kier alpha value is -2.04. The summed E-state index contributed by atoms with van der Waals surface area (Å²) in [5.74, 6) is -0.989. The molecule has 0 radical (unpaired) electrons. The van der Waals surface area contributed by atoms with Crippen molar-refractivity contribution in [1.29, 1.82) is 0 Å². The fourth-order valence-electron chi connectivity index (χ4n) is 3.31. The maximum Gasteiger partial charge on any atom is 0.411 e. The topological polar surface area (TPSA) is 75.6 Å². The number of amides is 1. The van der Waals surface area contributed by atoms with Crippen molar-refractivity contribution in [3.05, 3.63) is 29.8 Å². The zero-order valence-electron chi connectivity index (χ0n) is 18.1. The second-order valence-corrected chi connectivity index (χ2v) is 7.74. The van der Waals surface area contributed by atoms with E-state index in [-0.39, 0.29) is 5.56 Å². The smallest absolute Gasteiger partial charge is 0.411 e. The molecule has 0 bridgehead atoms. The van der Waals surface area contributed by atoms with Crippen LogP contribution in [0.5, 0.6) is 0 Å². The van der Waals surface area contributed by atoms with E-state index in [2.05, 4.69) is 12.2 Å². The highest BCUT2D eigenvalue weighted by molar-refractivity contribution is 5.89. The van der Waals surface area contributed by atoms with Gasteiger partial charge in [0, 0.05) is 5.69 Å². The molecular weight excluding hydrogens is 366 g/mol. The summed E-state index contributed by atoms with van der Waals surface area (Å²) >= 11 is 0. The predicted octanol–water partition coefficient (Wildman–Crippen LogP) is 7.41. The Morgan fingerprint density at radius 3 is 1.66 bits per heavy atom. The summed E-state index contributed by atoms with van der Waals surface area (Å²) < 4.78 is 5.16. The van der Waals surface area contributed by atoms with Crippen LogP contribution in [0.4, 0.5) is 10.5 Å². The molecule has 5 heteroatoms. The normalized spacial score (nSPS) is 10.7. The van der Waals surface area contributed by atoms with Crippen molar-refractivity contribution >= 4 is 17.7 Å². The first-order chi connectivity index (χ1) is 14.1. The number of nitrogens with one attached hydrogen (secondary N) is 1. The van der Waals surface area contributed by atoms with Gasteiger partial charge in [-0.05, 0) is 30.7 Å². The summed E-state index contributed by atoms with van der Waals surface area (Å²) in [5, 5.41) is 11.5. The highest BCUT2D eigenvalue weighted by atomic mass is 16.5. The summed E-state index contributed by atoms with van der Waals surface area (Å²) in [6.45, 7) is 2.67. The zero-order chi connectivity index (χ0) is 21.2. The van der Waals surface area contributed by atoms with E-state index in [0.717, 1.165) is 12.8 Å². The third-order valence-electron chi connectivity index (χ3n) is 5.11. The lowest BCUT2D eigenvalue weighted by molar-refractivity contribution is 0.0697. The van der Waals surface area contributed by atoms with Gasteiger partial charge in [-0.2, -0.15) is 0 Å². The van der Waals surface area contributed by atoms with E-state index in [1.807, 2.05) is 0 Å². The van der Waals surface area contributed by atoms with E-state index < -0.39 is 12.1 Å². The van der Waals surface area contributed by atoms with Crippen LogP contribution < -0.4 is 5.32 Å². The Kier molecular flexibility index (Phi) is 14.5. The molecule has 0 fully saturated rings. The average Bonchev–Trinajstić information content (AvgIpc) is 2.71. The third-order valence-corrected chi connectivity index (χ3v) is 5.11. The number of anilines is 1. The Labute approximate surface area is 176 Å². The number of carboxylic acid groups (broad SMARTS) is 1. The van der Waals surface area contributed by atoms with Crippen LogP contribution in [0.25, 0.3) is 0 Å². The summed E-state index contributed by atoms with van der Waals surface area (Å²) in [6.07, 6.45) is 17.6. The van der Waals surface area contributed by atoms with Gasteiger partial charge in [-0.1, -0.05) is 90.4 Å². The number of carboxylic acids is 1. The largest absolute Gasteiger partial charge is 0.478 e. The lowest BCUT2D eigenvalue weighted by atomic mass is 10.0. The molecule has 0 aliphatic rings. The monoisotopic (exact) mass is 405 g/mol. The summed E-state index contributed by atoms with van der Waals surface area (Å²) in [6, 6.07) is 6.01. The van der Waals surface area contributed by atoms with Crippen molar-refractivity contribution in [3.8, 4) is 0 Å². The van der Waals surface area contributed by atoms with Crippen LogP contribution in [-0.2, 0) is 4.74 Å². The van der Waals surface area contributed by atoms with Gasteiger partial charge < -0.3 is 9.84 Å². The molecule has 5 nitrogen and oxygen atoms in total. The Morgan fingerprint density at radius 1 is 0.759 bits per heavy atom. The van der Waals surface area contributed by atoms with Gasteiger partial charge in [0.25, 0.3) is 0 Å².